The molecular weight excluding hydrogens is 402 g/mol. The minimum Gasteiger partial charge on any atom is -0.343 e. The van der Waals surface area contributed by atoms with Gasteiger partial charge in [0.2, 0.25) is 11.7 Å². The molecule has 3 heterocycles. The molecule has 1 aliphatic rings. The van der Waals surface area contributed by atoms with Gasteiger partial charge in [0.25, 0.3) is 5.89 Å². The SMILES string of the molecule is CC(C)c1ccc(-c2nc(-c3ccc4c(c3)ncn4CCC(=O)N3CCCC3)no2)cc1. The molecule has 4 aromatic rings. The fraction of sp³-hybridized carbons (Fsp3) is 0.360. The maximum atomic E-state index is 12.4. The number of imidazole rings is 1. The highest BCUT2D eigenvalue weighted by Crippen LogP contribution is 2.26. The molecule has 0 unspecified atom stereocenters. The average molecular weight is 430 g/mol. The van der Waals surface area contributed by atoms with E-state index in [-0.39, 0.29) is 5.91 Å². The van der Waals surface area contributed by atoms with Crippen LogP contribution in [0.25, 0.3) is 33.9 Å². The highest BCUT2D eigenvalue weighted by molar-refractivity contribution is 5.81. The highest BCUT2D eigenvalue weighted by atomic mass is 16.5. The van der Waals surface area contributed by atoms with E-state index in [9.17, 15) is 4.79 Å². The van der Waals surface area contributed by atoms with Crippen LogP contribution in [-0.4, -0.2) is 43.6 Å². The van der Waals surface area contributed by atoms with E-state index >= 15 is 0 Å². The molecule has 0 bridgehead atoms. The standard InChI is InChI=1S/C25H27N5O2/c1-17(2)18-5-7-19(8-6-18)25-27-24(28-32-25)20-9-10-22-21(15-20)26-16-30(22)14-11-23(31)29-12-3-4-13-29/h5-10,15-17H,3-4,11-14H2,1-2H3. The van der Waals surface area contributed by atoms with Gasteiger partial charge in [-0.2, -0.15) is 4.98 Å². The third kappa shape index (κ3) is 4.02. The summed E-state index contributed by atoms with van der Waals surface area (Å²) in [5, 5.41) is 4.17. The fourth-order valence-electron chi connectivity index (χ4n) is 4.19. The molecule has 7 nitrogen and oxygen atoms in total. The van der Waals surface area contributed by atoms with Gasteiger partial charge in [0, 0.05) is 37.2 Å². The number of aryl methyl sites for hydroxylation is 1. The number of fused-ring (bicyclic) bond motifs is 1. The summed E-state index contributed by atoms with van der Waals surface area (Å²) >= 11 is 0. The minimum atomic E-state index is 0.224. The van der Waals surface area contributed by atoms with Gasteiger partial charge in [-0.15, -0.1) is 0 Å². The van der Waals surface area contributed by atoms with Crippen molar-refractivity contribution in [2.45, 2.75) is 45.6 Å². The summed E-state index contributed by atoms with van der Waals surface area (Å²) in [6.45, 7) is 6.75. The monoisotopic (exact) mass is 429 g/mol. The molecule has 0 atom stereocenters. The maximum Gasteiger partial charge on any atom is 0.258 e. The van der Waals surface area contributed by atoms with Crippen LogP contribution in [0.1, 0.15) is 44.6 Å². The molecule has 0 aliphatic carbocycles. The van der Waals surface area contributed by atoms with Crippen LogP contribution in [0, 0.1) is 0 Å². The van der Waals surface area contributed by atoms with Crippen LogP contribution in [0.5, 0.6) is 0 Å². The smallest absolute Gasteiger partial charge is 0.258 e. The highest BCUT2D eigenvalue weighted by Gasteiger charge is 2.18. The number of carbonyl (C=O) groups excluding carboxylic acids is 1. The molecule has 164 valence electrons. The van der Waals surface area contributed by atoms with E-state index in [0.29, 0.717) is 30.6 Å². The van der Waals surface area contributed by atoms with E-state index in [0.717, 1.165) is 48.1 Å². The van der Waals surface area contributed by atoms with Crippen LogP contribution < -0.4 is 0 Å². The molecule has 0 saturated carbocycles. The molecule has 0 N–H and O–H groups in total. The lowest BCUT2D eigenvalue weighted by Gasteiger charge is -2.15. The third-order valence-electron chi connectivity index (χ3n) is 6.15. The maximum absolute atomic E-state index is 12.4. The van der Waals surface area contributed by atoms with Gasteiger partial charge in [0.15, 0.2) is 0 Å². The summed E-state index contributed by atoms with van der Waals surface area (Å²) in [5.41, 5.74) is 4.88. The number of benzene rings is 2. The molecule has 32 heavy (non-hydrogen) atoms. The lowest BCUT2D eigenvalue weighted by Crippen LogP contribution is -2.28. The second kappa shape index (κ2) is 8.57. The first kappa shape index (κ1) is 20.4. The normalized spacial score (nSPS) is 14.0. The first-order chi connectivity index (χ1) is 15.6. The van der Waals surface area contributed by atoms with E-state index < -0.39 is 0 Å². The van der Waals surface area contributed by atoms with Crippen molar-refractivity contribution < 1.29 is 9.32 Å². The van der Waals surface area contributed by atoms with Crippen LogP contribution in [0.4, 0.5) is 0 Å². The van der Waals surface area contributed by atoms with Crippen LogP contribution in [0.15, 0.2) is 53.3 Å². The second-order valence-electron chi connectivity index (χ2n) is 8.68. The summed E-state index contributed by atoms with van der Waals surface area (Å²) in [6, 6.07) is 14.2. The van der Waals surface area contributed by atoms with Crippen LogP contribution in [-0.2, 0) is 11.3 Å². The molecule has 0 radical (unpaired) electrons. The van der Waals surface area contributed by atoms with Crippen molar-refractivity contribution in [1.82, 2.24) is 24.6 Å². The number of likely N-dealkylation sites (tertiary alicyclic amines) is 1. The Morgan fingerprint density at radius 1 is 1.06 bits per heavy atom. The minimum absolute atomic E-state index is 0.224. The Bertz CT molecular complexity index is 1230. The van der Waals surface area contributed by atoms with Gasteiger partial charge in [-0.25, -0.2) is 4.98 Å². The zero-order valence-electron chi connectivity index (χ0n) is 18.5. The van der Waals surface area contributed by atoms with Gasteiger partial charge >= 0.3 is 0 Å². The molecule has 1 aliphatic heterocycles. The van der Waals surface area contributed by atoms with Crippen molar-refractivity contribution in [1.29, 1.82) is 0 Å². The van der Waals surface area contributed by atoms with Gasteiger partial charge in [0.05, 0.1) is 17.4 Å². The van der Waals surface area contributed by atoms with Gasteiger partial charge in [-0.3, -0.25) is 4.79 Å². The molecule has 2 aromatic carbocycles. The summed E-state index contributed by atoms with van der Waals surface area (Å²) < 4.78 is 7.54. The summed E-state index contributed by atoms with van der Waals surface area (Å²) in [5.74, 6) is 1.74. The fourth-order valence-corrected chi connectivity index (χ4v) is 4.19. The number of hydrogen-bond acceptors (Lipinski definition) is 5. The molecular formula is C25H27N5O2. The Kier molecular flexibility index (Phi) is 5.47. The van der Waals surface area contributed by atoms with E-state index in [1.807, 2.05) is 39.8 Å². The van der Waals surface area contributed by atoms with E-state index in [1.165, 1.54) is 5.56 Å². The second-order valence-corrected chi connectivity index (χ2v) is 8.68. The number of rotatable bonds is 6. The van der Waals surface area contributed by atoms with Crippen molar-refractivity contribution in [3.63, 3.8) is 0 Å². The molecule has 7 heteroatoms. The van der Waals surface area contributed by atoms with Gasteiger partial charge < -0.3 is 14.0 Å². The lowest BCUT2D eigenvalue weighted by atomic mass is 10.0. The van der Waals surface area contributed by atoms with Gasteiger partial charge in [-0.05, 0) is 54.7 Å². The Morgan fingerprint density at radius 3 is 2.56 bits per heavy atom. The summed E-state index contributed by atoms with van der Waals surface area (Å²) in [6.07, 6.45) is 4.52. The third-order valence-corrected chi connectivity index (χ3v) is 6.15. The van der Waals surface area contributed by atoms with E-state index in [1.54, 1.807) is 6.33 Å². The molecule has 1 amide bonds. The number of hydrogen-bond donors (Lipinski definition) is 0. The zero-order chi connectivity index (χ0) is 22.1. The quantitative estimate of drug-likeness (QED) is 0.436. The van der Waals surface area contributed by atoms with Gasteiger partial charge in [-0.1, -0.05) is 31.1 Å². The predicted octanol–water partition coefficient (Wildman–Crippen LogP) is 4.89. The van der Waals surface area contributed by atoms with Gasteiger partial charge in [0.1, 0.15) is 0 Å². The number of aromatic nitrogens is 4. The summed E-state index contributed by atoms with van der Waals surface area (Å²) in [4.78, 5) is 23.4. The molecule has 5 rings (SSSR count). The number of amides is 1. The number of carbonyl (C=O) groups is 1. The van der Waals surface area contributed by atoms with Crippen molar-refractivity contribution in [3.8, 4) is 22.8 Å². The topological polar surface area (TPSA) is 77.1 Å². The van der Waals surface area contributed by atoms with Crippen LogP contribution in [0.2, 0.25) is 0 Å². The van der Waals surface area contributed by atoms with Crippen LogP contribution >= 0.6 is 0 Å². The Morgan fingerprint density at radius 2 is 1.81 bits per heavy atom. The molecule has 2 aromatic heterocycles. The van der Waals surface area contributed by atoms with Crippen molar-refractivity contribution in [2.75, 3.05) is 13.1 Å². The number of nitrogens with zero attached hydrogens (tertiary/aromatic N) is 5. The molecule has 1 fully saturated rings. The first-order valence-corrected chi connectivity index (χ1v) is 11.3. The largest absolute Gasteiger partial charge is 0.343 e. The Hall–Kier alpha value is -3.48. The predicted molar refractivity (Wildman–Crippen MR) is 123 cm³/mol. The van der Waals surface area contributed by atoms with Crippen molar-refractivity contribution in [3.05, 3.63) is 54.4 Å². The summed E-state index contributed by atoms with van der Waals surface area (Å²) in [7, 11) is 0. The van der Waals surface area contributed by atoms with E-state index in [4.69, 9.17) is 4.52 Å². The molecule has 1 saturated heterocycles. The van der Waals surface area contributed by atoms with Crippen molar-refractivity contribution >= 4 is 16.9 Å². The molecule has 0 spiro atoms. The average Bonchev–Trinajstić information content (AvgIpc) is 3.58. The first-order valence-electron chi connectivity index (χ1n) is 11.3. The zero-order valence-corrected chi connectivity index (χ0v) is 18.5. The van der Waals surface area contributed by atoms with E-state index in [2.05, 4.69) is 41.1 Å². The van der Waals surface area contributed by atoms with Crippen molar-refractivity contribution in [2.24, 2.45) is 0 Å². The Balaban J connectivity index is 1.32. The lowest BCUT2D eigenvalue weighted by molar-refractivity contribution is -0.130. The van der Waals surface area contributed by atoms with Crippen LogP contribution in [0.3, 0.4) is 0 Å². The Labute approximate surface area is 187 Å².